The Morgan fingerprint density at radius 1 is 0.558 bits per heavy atom. The monoisotopic (exact) mass is 1100 g/mol. The van der Waals surface area contributed by atoms with Gasteiger partial charge in [0.15, 0.2) is 0 Å². The van der Waals surface area contributed by atoms with E-state index in [-0.39, 0.29) is 11.8 Å². The Hall–Kier alpha value is -7.94. The summed E-state index contributed by atoms with van der Waals surface area (Å²) in [5.74, 6) is 0.757. The second kappa shape index (κ2) is 30.0. The lowest BCUT2D eigenvalue weighted by molar-refractivity contribution is -0.124. The molecule has 11 nitrogen and oxygen atoms in total. The third-order valence-electron chi connectivity index (χ3n) is 12.3. The van der Waals surface area contributed by atoms with Crippen LogP contribution < -0.4 is 15.2 Å². The van der Waals surface area contributed by atoms with Gasteiger partial charge in [0.05, 0.1) is 28.4 Å². The Morgan fingerprint density at radius 3 is 1.38 bits per heavy atom. The lowest BCUT2D eigenvalue weighted by atomic mass is 9.88. The first-order valence-electron chi connectivity index (χ1n) is 25.7. The van der Waals surface area contributed by atoms with Crippen LogP contribution in [0.5, 0.6) is 11.5 Å². The molecule has 6 aromatic carbocycles. The molecule has 2 amide bonds. The maximum Gasteiger partial charge on any atom is 0.245 e. The molecule has 0 saturated carbocycles. The summed E-state index contributed by atoms with van der Waals surface area (Å²) in [5.41, 5.74) is 17.5. The molecule has 2 heterocycles. The largest absolute Gasteiger partial charge is 0.494 e. The number of carbonyl (C=O) groups is 2. The molecule has 400 valence electrons. The van der Waals surface area contributed by atoms with Gasteiger partial charge in [0.25, 0.3) is 0 Å². The molecule has 0 saturated heterocycles. The molecule has 8 rings (SSSR count). The second-order valence-corrected chi connectivity index (χ2v) is 18.8. The standard InChI is InChI=1S/C32H34FN3O2.C25H24FN3O.C6H10BrNO/c1-4-27(23-12-8-7-9-13-23)31(25-17-20-29-28(22-25)32(33)35-34-29)24-15-18-26(19-16-24)38-21-11-6-5-10-14-30(37)36(2)3;1-2-21(17-6-4-3-5-7-17)24(18-8-11-20(12-9-18)30-15-14-27)19-10-13-23-22(16-19)25(26)29-28-23;1-8(2)6(9)4-3-5-7/h7-10,12-20,22H,4-6,11,21H2,1-3H3,(H,34,35);3-13,16H,2,14-15,27H2,1H3,(H,28,29);3-4H,5H2,1-2H3/b14-10+,31-27+;24-21+;4-3+. The summed E-state index contributed by atoms with van der Waals surface area (Å²) < 4.78 is 40.2. The Morgan fingerprint density at radius 2 is 0.974 bits per heavy atom. The predicted molar refractivity (Wildman–Crippen MR) is 314 cm³/mol. The van der Waals surface area contributed by atoms with E-state index in [0.717, 1.165) is 93.5 Å². The molecule has 14 heteroatoms. The smallest absolute Gasteiger partial charge is 0.245 e. The highest BCUT2D eigenvalue weighted by Gasteiger charge is 2.18. The number of nitrogens with one attached hydrogen (secondary N) is 2. The van der Waals surface area contributed by atoms with Crippen LogP contribution >= 0.6 is 15.9 Å². The first kappa shape index (κ1) is 58.3. The Balaban J connectivity index is 0.000000219. The number of rotatable bonds is 20. The molecule has 0 unspecified atom stereocenters. The number of benzene rings is 6. The van der Waals surface area contributed by atoms with Gasteiger partial charge in [0.1, 0.15) is 18.1 Å². The van der Waals surface area contributed by atoms with Crippen LogP contribution in [0.25, 0.3) is 44.1 Å². The molecular weight excluding hydrogens is 1040 g/mol. The molecule has 0 atom stereocenters. The summed E-state index contributed by atoms with van der Waals surface area (Å²) in [6.45, 7) is 5.83. The summed E-state index contributed by atoms with van der Waals surface area (Å²) in [5, 5.41) is 14.6. The number of alkyl halides is 1. The minimum absolute atomic E-state index is 0.00285. The maximum absolute atomic E-state index is 14.4. The molecule has 0 radical (unpaired) electrons. The van der Waals surface area contributed by atoms with E-state index in [1.54, 1.807) is 45.2 Å². The molecule has 0 aliphatic carbocycles. The van der Waals surface area contributed by atoms with Gasteiger partial charge >= 0.3 is 0 Å². The summed E-state index contributed by atoms with van der Waals surface area (Å²) in [6.07, 6.45) is 11.2. The number of carbonyl (C=O) groups excluding carboxylic acids is 2. The van der Waals surface area contributed by atoms with Crippen LogP contribution in [0.4, 0.5) is 8.78 Å². The fourth-order valence-electron chi connectivity index (χ4n) is 8.42. The van der Waals surface area contributed by atoms with Gasteiger partial charge < -0.3 is 25.0 Å². The Kier molecular flexibility index (Phi) is 22.7. The van der Waals surface area contributed by atoms with Gasteiger partial charge in [0.2, 0.25) is 23.7 Å². The summed E-state index contributed by atoms with van der Waals surface area (Å²) in [4.78, 5) is 25.4. The number of likely N-dealkylation sites (N-methyl/N-ethyl adjacent to an activating group) is 2. The number of allylic oxidation sites excluding steroid dienone is 4. The fourth-order valence-corrected chi connectivity index (χ4v) is 8.61. The van der Waals surface area contributed by atoms with Crippen molar-refractivity contribution in [3.63, 3.8) is 0 Å². The minimum atomic E-state index is -0.428. The zero-order valence-corrected chi connectivity index (χ0v) is 46.2. The van der Waals surface area contributed by atoms with E-state index in [0.29, 0.717) is 41.6 Å². The van der Waals surface area contributed by atoms with Crippen molar-refractivity contribution in [1.29, 1.82) is 0 Å². The number of nitrogens with zero attached hydrogens (tertiary/aromatic N) is 4. The molecule has 77 heavy (non-hydrogen) atoms. The van der Waals surface area contributed by atoms with Crippen molar-refractivity contribution < 1.29 is 27.8 Å². The van der Waals surface area contributed by atoms with E-state index in [1.165, 1.54) is 22.1 Å². The van der Waals surface area contributed by atoms with E-state index in [2.05, 4.69) is 86.6 Å². The summed E-state index contributed by atoms with van der Waals surface area (Å²) in [6, 6.07) is 48.1. The van der Waals surface area contributed by atoms with Crippen molar-refractivity contribution >= 4 is 71.8 Å². The number of hydrogen-bond acceptors (Lipinski definition) is 7. The quantitative estimate of drug-likeness (QED) is 0.0298. The molecule has 0 bridgehead atoms. The van der Waals surface area contributed by atoms with Gasteiger partial charge in [-0.2, -0.15) is 19.0 Å². The van der Waals surface area contributed by atoms with Crippen molar-refractivity contribution in [2.45, 2.75) is 46.0 Å². The van der Waals surface area contributed by atoms with Crippen LogP contribution in [0.1, 0.15) is 79.3 Å². The lowest BCUT2D eigenvalue weighted by Gasteiger charge is -2.17. The van der Waals surface area contributed by atoms with Gasteiger partial charge in [0, 0.05) is 40.1 Å². The topological polar surface area (TPSA) is 142 Å². The van der Waals surface area contributed by atoms with Crippen LogP contribution in [0, 0.1) is 11.9 Å². The third kappa shape index (κ3) is 16.5. The van der Waals surface area contributed by atoms with Crippen LogP contribution in [0.3, 0.4) is 0 Å². The molecule has 0 spiro atoms. The van der Waals surface area contributed by atoms with E-state index in [4.69, 9.17) is 15.2 Å². The number of H-pyrrole nitrogens is 2. The van der Waals surface area contributed by atoms with Gasteiger partial charge in [-0.05, 0) is 148 Å². The zero-order chi connectivity index (χ0) is 55.1. The van der Waals surface area contributed by atoms with E-state index < -0.39 is 11.9 Å². The molecule has 0 aliphatic rings. The summed E-state index contributed by atoms with van der Waals surface area (Å²) in [7, 11) is 6.93. The van der Waals surface area contributed by atoms with Crippen LogP contribution in [0.2, 0.25) is 0 Å². The van der Waals surface area contributed by atoms with E-state index in [9.17, 15) is 18.4 Å². The van der Waals surface area contributed by atoms with Gasteiger partial charge in [-0.1, -0.05) is 139 Å². The maximum atomic E-state index is 14.4. The zero-order valence-electron chi connectivity index (χ0n) is 44.7. The van der Waals surface area contributed by atoms with Crippen molar-refractivity contribution in [2.24, 2.45) is 5.73 Å². The number of amides is 2. The Bertz CT molecular complexity index is 3280. The summed E-state index contributed by atoms with van der Waals surface area (Å²) >= 11 is 3.17. The number of nitrogens with two attached hydrogens (primary N) is 1. The average Bonchev–Trinajstić information content (AvgIpc) is 4.03. The number of halogens is 3. The van der Waals surface area contributed by atoms with Gasteiger partial charge in [-0.15, -0.1) is 0 Å². The van der Waals surface area contributed by atoms with Crippen LogP contribution in [-0.4, -0.2) is 95.3 Å². The normalized spacial score (nSPS) is 11.9. The number of ether oxygens (including phenoxy) is 2. The van der Waals surface area contributed by atoms with E-state index in [1.807, 2.05) is 115 Å². The van der Waals surface area contributed by atoms with Gasteiger partial charge in [-0.25, -0.2) is 0 Å². The van der Waals surface area contributed by atoms with Crippen molar-refractivity contribution in [3.8, 4) is 11.5 Å². The molecular formula is C63H68BrF2N7O4. The van der Waals surface area contributed by atoms with Crippen LogP contribution in [0.15, 0.2) is 170 Å². The molecule has 8 aromatic rings. The highest BCUT2D eigenvalue weighted by Crippen LogP contribution is 2.38. The predicted octanol–water partition coefficient (Wildman–Crippen LogP) is 13.7. The average molecular weight is 1110 g/mol. The Labute approximate surface area is 459 Å². The first-order chi connectivity index (χ1) is 37.4. The number of aromatic nitrogens is 4. The highest BCUT2D eigenvalue weighted by molar-refractivity contribution is 9.09. The molecule has 0 fully saturated rings. The number of aromatic amines is 2. The number of fused-ring (bicyclic) bond motifs is 2. The van der Waals surface area contributed by atoms with Gasteiger partial charge in [-0.3, -0.25) is 19.8 Å². The van der Waals surface area contributed by atoms with E-state index >= 15 is 0 Å². The number of hydrogen-bond donors (Lipinski definition) is 3. The van der Waals surface area contributed by atoms with Crippen LogP contribution in [-0.2, 0) is 9.59 Å². The third-order valence-corrected chi connectivity index (χ3v) is 12.7. The van der Waals surface area contributed by atoms with Crippen molar-refractivity contribution in [3.05, 3.63) is 215 Å². The number of unbranched alkanes of at least 4 members (excludes halogenated alkanes) is 2. The molecule has 2 aromatic heterocycles. The minimum Gasteiger partial charge on any atom is -0.494 e. The molecule has 0 aliphatic heterocycles. The second-order valence-electron chi connectivity index (χ2n) is 18.1. The molecule has 4 N–H and O–H groups in total. The van der Waals surface area contributed by atoms with Crippen molar-refractivity contribution in [2.75, 3.05) is 53.3 Å². The first-order valence-corrected chi connectivity index (χ1v) is 26.8. The van der Waals surface area contributed by atoms with Crippen molar-refractivity contribution in [1.82, 2.24) is 30.2 Å². The highest BCUT2D eigenvalue weighted by atomic mass is 79.9. The lowest BCUT2D eigenvalue weighted by Crippen LogP contribution is -2.18. The fraction of sp³-hybridized carbons (Fsp3) is 0.238. The SMILES string of the molecule is CC/C(=C(/c1ccc(OCCCC/C=C/C(=O)N(C)C)cc1)c1ccc2n[nH]c(F)c2c1)c1ccccc1.CC/C(=C(/c1ccc(OCCN)cc1)c1ccc2n[nH]c(F)c2c1)c1ccccc1.CN(C)C(=O)/C=C/CBr.